The van der Waals surface area contributed by atoms with Gasteiger partial charge in [0.2, 0.25) is 0 Å². The highest BCUT2D eigenvalue weighted by Crippen LogP contribution is 2.26. The van der Waals surface area contributed by atoms with Gasteiger partial charge in [-0.25, -0.2) is 4.39 Å². The molecule has 0 aromatic heterocycles. The van der Waals surface area contributed by atoms with E-state index in [1.807, 2.05) is 12.1 Å². The van der Waals surface area contributed by atoms with Crippen molar-refractivity contribution in [2.24, 2.45) is 0 Å². The van der Waals surface area contributed by atoms with E-state index in [4.69, 9.17) is 23.2 Å². The van der Waals surface area contributed by atoms with Crippen molar-refractivity contribution in [3.8, 4) is 0 Å². The van der Waals surface area contributed by atoms with Gasteiger partial charge in [0.15, 0.2) is 0 Å². The Labute approximate surface area is 123 Å². The van der Waals surface area contributed by atoms with Crippen molar-refractivity contribution in [2.45, 2.75) is 6.54 Å². The molecule has 0 saturated heterocycles. The molecule has 2 aromatic rings. The van der Waals surface area contributed by atoms with Gasteiger partial charge in [-0.2, -0.15) is 0 Å². The minimum absolute atomic E-state index is 0.124. The lowest BCUT2D eigenvalue weighted by Gasteiger charge is -2.09. The van der Waals surface area contributed by atoms with Crippen molar-refractivity contribution in [1.82, 2.24) is 0 Å². The molecule has 0 unspecified atom stereocenters. The zero-order valence-electron chi connectivity index (χ0n) is 9.18. The molecule has 0 aliphatic rings. The summed E-state index contributed by atoms with van der Waals surface area (Å²) < 4.78 is 13.9. The minimum Gasteiger partial charge on any atom is -0.380 e. The van der Waals surface area contributed by atoms with Crippen LogP contribution in [0.3, 0.4) is 0 Å². The Morgan fingerprint density at radius 2 is 1.89 bits per heavy atom. The van der Waals surface area contributed by atoms with E-state index in [0.29, 0.717) is 11.6 Å². The number of benzene rings is 2. The van der Waals surface area contributed by atoms with Crippen LogP contribution < -0.4 is 5.32 Å². The number of anilines is 1. The highest BCUT2D eigenvalue weighted by molar-refractivity contribution is 9.10. The molecule has 0 bridgehead atoms. The molecule has 0 saturated carbocycles. The first-order valence-electron chi connectivity index (χ1n) is 5.19. The van der Waals surface area contributed by atoms with Crippen molar-refractivity contribution in [3.63, 3.8) is 0 Å². The summed E-state index contributed by atoms with van der Waals surface area (Å²) in [6.45, 7) is 0.541. The van der Waals surface area contributed by atoms with E-state index in [-0.39, 0.29) is 5.02 Å². The molecule has 0 fully saturated rings. The summed E-state index contributed by atoms with van der Waals surface area (Å²) >= 11 is 15.1. The van der Waals surface area contributed by atoms with Gasteiger partial charge in [0.05, 0.1) is 10.7 Å². The van der Waals surface area contributed by atoms with Crippen LogP contribution in [0.4, 0.5) is 10.1 Å². The second-order valence-corrected chi connectivity index (χ2v) is 5.42. The molecule has 0 heterocycles. The van der Waals surface area contributed by atoms with Gasteiger partial charge >= 0.3 is 0 Å². The van der Waals surface area contributed by atoms with Crippen LogP contribution in [0, 0.1) is 5.82 Å². The molecule has 0 amide bonds. The Bertz CT molecular complexity index is 575. The van der Waals surface area contributed by atoms with E-state index in [2.05, 4.69) is 21.2 Å². The van der Waals surface area contributed by atoms with Crippen LogP contribution in [0.5, 0.6) is 0 Å². The summed E-state index contributed by atoms with van der Waals surface area (Å²) in [4.78, 5) is 0. The van der Waals surface area contributed by atoms with Crippen LogP contribution in [0.15, 0.2) is 40.9 Å². The van der Waals surface area contributed by atoms with Gasteiger partial charge in [0, 0.05) is 16.0 Å². The normalized spacial score (nSPS) is 10.4. The molecule has 0 aliphatic carbocycles. The van der Waals surface area contributed by atoms with Crippen molar-refractivity contribution < 1.29 is 4.39 Å². The minimum atomic E-state index is -0.413. The van der Waals surface area contributed by atoms with Crippen LogP contribution >= 0.6 is 39.1 Å². The van der Waals surface area contributed by atoms with Crippen LogP contribution in [0.2, 0.25) is 10.0 Å². The molecule has 2 rings (SSSR count). The Balaban J connectivity index is 2.11. The second-order valence-electron chi connectivity index (χ2n) is 3.73. The topological polar surface area (TPSA) is 12.0 Å². The van der Waals surface area contributed by atoms with Gasteiger partial charge < -0.3 is 5.32 Å². The van der Waals surface area contributed by atoms with Crippen LogP contribution in [0.25, 0.3) is 0 Å². The SMILES string of the molecule is Fc1ccc(CNc2cc(Cl)ccc2Br)cc1Cl. The molecule has 0 atom stereocenters. The number of halogens is 4. The first-order chi connectivity index (χ1) is 8.56. The number of rotatable bonds is 3. The Morgan fingerprint density at radius 3 is 2.61 bits per heavy atom. The average Bonchev–Trinajstić information content (AvgIpc) is 2.34. The lowest BCUT2D eigenvalue weighted by atomic mass is 10.2. The molecule has 0 radical (unpaired) electrons. The zero-order chi connectivity index (χ0) is 13.1. The number of hydrogen-bond acceptors (Lipinski definition) is 1. The maximum Gasteiger partial charge on any atom is 0.141 e. The molecule has 18 heavy (non-hydrogen) atoms. The Kier molecular flexibility index (Phi) is 4.49. The number of hydrogen-bond donors (Lipinski definition) is 1. The predicted molar refractivity (Wildman–Crippen MR) is 77.9 cm³/mol. The fourth-order valence-corrected chi connectivity index (χ4v) is 2.24. The van der Waals surface area contributed by atoms with E-state index < -0.39 is 5.82 Å². The van der Waals surface area contributed by atoms with Crippen molar-refractivity contribution >= 4 is 44.8 Å². The first kappa shape index (κ1) is 13.7. The summed E-state index contributed by atoms with van der Waals surface area (Å²) in [5.41, 5.74) is 1.77. The molecular weight excluding hydrogens is 340 g/mol. The summed E-state index contributed by atoms with van der Waals surface area (Å²) in [5, 5.41) is 3.98. The molecule has 5 heteroatoms. The van der Waals surface area contributed by atoms with Gasteiger partial charge in [-0.3, -0.25) is 0 Å². The third-order valence-corrected chi connectivity index (χ3v) is 3.61. The van der Waals surface area contributed by atoms with E-state index in [9.17, 15) is 4.39 Å². The standard InChI is InChI=1S/C13H9BrCl2FN/c14-10-3-2-9(15)6-13(10)18-7-8-1-4-12(17)11(16)5-8/h1-6,18H,7H2. The average molecular weight is 349 g/mol. The quantitative estimate of drug-likeness (QED) is 0.771. The summed E-state index contributed by atoms with van der Waals surface area (Å²) in [7, 11) is 0. The third kappa shape index (κ3) is 3.37. The van der Waals surface area contributed by atoms with E-state index in [1.54, 1.807) is 18.2 Å². The van der Waals surface area contributed by atoms with Crippen LogP contribution in [-0.2, 0) is 6.54 Å². The van der Waals surface area contributed by atoms with E-state index >= 15 is 0 Å². The maximum atomic E-state index is 13.0. The van der Waals surface area contributed by atoms with Gasteiger partial charge in [-0.05, 0) is 51.8 Å². The molecule has 0 spiro atoms. The van der Waals surface area contributed by atoms with Gasteiger partial charge in [0.1, 0.15) is 5.82 Å². The van der Waals surface area contributed by atoms with Crippen molar-refractivity contribution in [2.75, 3.05) is 5.32 Å². The van der Waals surface area contributed by atoms with E-state index in [0.717, 1.165) is 15.7 Å². The molecule has 0 aliphatic heterocycles. The largest absolute Gasteiger partial charge is 0.380 e. The van der Waals surface area contributed by atoms with Crippen molar-refractivity contribution in [1.29, 1.82) is 0 Å². The molecule has 2 aromatic carbocycles. The summed E-state index contributed by atoms with van der Waals surface area (Å²) in [6.07, 6.45) is 0. The summed E-state index contributed by atoms with van der Waals surface area (Å²) in [5.74, 6) is -0.413. The fourth-order valence-electron chi connectivity index (χ4n) is 1.48. The third-order valence-electron chi connectivity index (χ3n) is 2.40. The monoisotopic (exact) mass is 347 g/mol. The van der Waals surface area contributed by atoms with E-state index in [1.165, 1.54) is 6.07 Å². The van der Waals surface area contributed by atoms with Gasteiger partial charge in [-0.1, -0.05) is 29.3 Å². The lowest BCUT2D eigenvalue weighted by Crippen LogP contribution is -2.00. The first-order valence-corrected chi connectivity index (χ1v) is 6.74. The highest BCUT2D eigenvalue weighted by atomic mass is 79.9. The maximum absolute atomic E-state index is 13.0. The van der Waals surface area contributed by atoms with Crippen LogP contribution in [0.1, 0.15) is 5.56 Å². The smallest absolute Gasteiger partial charge is 0.141 e. The Hall–Kier alpha value is -0.770. The second kappa shape index (κ2) is 5.91. The van der Waals surface area contributed by atoms with Crippen LogP contribution in [-0.4, -0.2) is 0 Å². The summed E-state index contributed by atoms with van der Waals surface area (Å²) in [6, 6.07) is 10.1. The molecule has 1 nitrogen and oxygen atoms in total. The lowest BCUT2D eigenvalue weighted by molar-refractivity contribution is 0.627. The fraction of sp³-hybridized carbons (Fsp3) is 0.0769. The zero-order valence-corrected chi connectivity index (χ0v) is 12.3. The molecular formula is C13H9BrCl2FN. The van der Waals surface area contributed by atoms with Gasteiger partial charge in [0.25, 0.3) is 0 Å². The number of nitrogens with one attached hydrogen (secondary N) is 1. The Morgan fingerprint density at radius 1 is 1.11 bits per heavy atom. The highest BCUT2D eigenvalue weighted by Gasteiger charge is 2.03. The predicted octanol–water partition coefficient (Wildman–Crippen LogP) is 5.51. The molecule has 94 valence electrons. The van der Waals surface area contributed by atoms with Crippen molar-refractivity contribution in [3.05, 3.63) is 62.3 Å². The molecule has 1 N–H and O–H groups in total. The van der Waals surface area contributed by atoms with Gasteiger partial charge in [-0.15, -0.1) is 0 Å².